The quantitative estimate of drug-likeness (QED) is 0.673. The SMILES string of the molecule is C=CC(=O)NCc1cc(C(F)(F)C(F)(F)F)on1. The Hall–Kier alpha value is -1.93. The summed E-state index contributed by atoms with van der Waals surface area (Å²) in [4.78, 5) is 10.7. The monoisotopic (exact) mass is 270 g/mol. The lowest BCUT2D eigenvalue weighted by Crippen LogP contribution is -2.33. The third-order valence-corrected chi connectivity index (χ3v) is 1.85. The summed E-state index contributed by atoms with van der Waals surface area (Å²) in [6.07, 6.45) is -4.86. The van der Waals surface area contributed by atoms with Crippen molar-refractivity contribution < 1.29 is 31.3 Å². The summed E-state index contributed by atoms with van der Waals surface area (Å²) in [7, 11) is 0. The Morgan fingerprint density at radius 1 is 1.44 bits per heavy atom. The first-order valence-corrected chi connectivity index (χ1v) is 4.49. The van der Waals surface area contributed by atoms with E-state index < -0.39 is 23.8 Å². The molecule has 0 aliphatic heterocycles. The Morgan fingerprint density at radius 2 is 2.06 bits per heavy atom. The minimum atomic E-state index is -5.77. The number of rotatable bonds is 4. The summed E-state index contributed by atoms with van der Waals surface area (Å²) in [5.74, 6) is -7.37. The first-order chi connectivity index (χ1) is 8.18. The van der Waals surface area contributed by atoms with E-state index in [1.807, 2.05) is 0 Å². The molecule has 0 saturated heterocycles. The van der Waals surface area contributed by atoms with Gasteiger partial charge in [0.15, 0.2) is 0 Å². The molecule has 4 nitrogen and oxygen atoms in total. The van der Waals surface area contributed by atoms with Crippen LogP contribution in [-0.4, -0.2) is 17.2 Å². The van der Waals surface area contributed by atoms with E-state index in [1.54, 1.807) is 0 Å². The molecule has 1 aromatic rings. The average molecular weight is 270 g/mol. The van der Waals surface area contributed by atoms with E-state index in [2.05, 4.69) is 21.6 Å². The summed E-state index contributed by atoms with van der Waals surface area (Å²) in [5.41, 5.74) is -0.260. The first-order valence-electron chi connectivity index (χ1n) is 4.49. The van der Waals surface area contributed by atoms with Crippen molar-refractivity contribution in [2.75, 3.05) is 0 Å². The van der Waals surface area contributed by atoms with Gasteiger partial charge in [-0.2, -0.15) is 22.0 Å². The van der Waals surface area contributed by atoms with Crippen LogP contribution >= 0.6 is 0 Å². The van der Waals surface area contributed by atoms with Gasteiger partial charge in [-0.3, -0.25) is 4.79 Å². The van der Waals surface area contributed by atoms with Crippen LogP contribution in [0, 0.1) is 0 Å². The summed E-state index contributed by atoms with van der Waals surface area (Å²) in [6.45, 7) is 2.78. The van der Waals surface area contributed by atoms with Crippen molar-refractivity contribution >= 4 is 5.91 Å². The predicted octanol–water partition coefficient (Wildman–Crippen LogP) is 2.13. The molecule has 1 aromatic heterocycles. The van der Waals surface area contributed by atoms with E-state index in [0.29, 0.717) is 6.07 Å². The van der Waals surface area contributed by atoms with Crippen LogP contribution in [0.2, 0.25) is 0 Å². The van der Waals surface area contributed by atoms with Gasteiger partial charge in [-0.05, 0) is 6.08 Å². The summed E-state index contributed by atoms with van der Waals surface area (Å²) >= 11 is 0. The van der Waals surface area contributed by atoms with Crippen molar-refractivity contribution in [3.63, 3.8) is 0 Å². The Labute approximate surface area is 97.4 Å². The molecule has 0 aromatic carbocycles. The normalized spacial score (nSPS) is 12.3. The van der Waals surface area contributed by atoms with Gasteiger partial charge >= 0.3 is 12.1 Å². The molecule has 0 aliphatic rings. The number of carbonyl (C=O) groups is 1. The number of amides is 1. The number of hydrogen-bond donors (Lipinski definition) is 1. The third-order valence-electron chi connectivity index (χ3n) is 1.85. The van der Waals surface area contributed by atoms with E-state index >= 15 is 0 Å². The molecule has 0 unspecified atom stereocenters. The summed E-state index contributed by atoms with van der Waals surface area (Å²) < 4.78 is 65.4. The molecule has 100 valence electrons. The van der Waals surface area contributed by atoms with Gasteiger partial charge in [0.05, 0.1) is 6.54 Å². The predicted molar refractivity (Wildman–Crippen MR) is 48.5 cm³/mol. The molecule has 0 bridgehead atoms. The van der Waals surface area contributed by atoms with E-state index in [9.17, 15) is 26.7 Å². The van der Waals surface area contributed by atoms with Crippen molar-refractivity contribution in [2.24, 2.45) is 0 Å². The van der Waals surface area contributed by atoms with E-state index in [4.69, 9.17) is 0 Å². The summed E-state index contributed by atoms with van der Waals surface area (Å²) in [5, 5.41) is 5.14. The van der Waals surface area contributed by atoms with Crippen LogP contribution in [0.25, 0.3) is 0 Å². The highest BCUT2D eigenvalue weighted by molar-refractivity contribution is 5.86. The van der Waals surface area contributed by atoms with Gasteiger partial charge in [0, 0.05) is 6.07 Å². The summed E-state index contributed by atoms with van der Waals surface area (Å²) in [6, 6.07) is 0.427. The zero-order chi connectivity index (χ0) is 14.0. The number of nitrogens with one attached hydrogen (secondary N) is 1. The molecule has 1 heterocycles. The second-order valence-electron chi connectivity index (χ2n) is 3.18. The van der Waals surface area contributed by atoms with Crippen LogP contribution in [0.5, 0.6) is 0 Å². The fourth-order valence-corrected chi connectivity index (χ4v) is 0.933. The zero-order valence-corrected chi connectivity index (χ0v) is 8.72. The minimum Gasteiger partial charge on any atom is -0.354 e. The van der Waals surface area contributed by atoms with E-state index in [-0.39, 0.29) is 12.2 Å². The number of carbonyl (C=O) groups excluding carboxylic acids is 1. The fourth-order valence-electron chi connectivity index (χ4n) is 0.933. The zero-order valence-electron chi connectivity index (χ0n) is 8.72. The molecule has 0 spiro atoms. The van der Waals surface area contributed by atoms with E-state index in [0.717, 1.165) is 6.08 Å². The number of hydrogen-bond acceptors (Lipinski definition) is 3. The highest BCUT2D eigenvalue weighted by Crippen LogP contribution is 2.43. The number of aromatic nitrogens is 1. The largest absolute Gasteiger partial charge is 0.461 e. The van der Waals surface area contributed by atoms with Crippen molar-refractivity contribution in [3.8, 4) is 0 Å². The maximum atomic E-state index is 12.8. The topological polar surface area (TPSA) is 55.1 Å². The van der Waals surface area contributed by atoms with Gasteiger partial charge in [-0.1, -0.05) is 11.7 Å². The highest BCUT2D eigenvalue weighted by atomic mass is 19.4. The van der Waals surface area contributed by atoms with Crippen LogP contribution < -0.4 is 5.32 Å². The molecule has 0 fully saturated rings. The molecule has 1 rings (SSSR count). The molecule has 0 saturated carbocycles. The highest BCUT2D eigenvalue weighted by Gasteiger charge is 2.61. The van der Waals surface area contributed by atoms with Crippen LogP contribution in [0.4, 0.5) is 22.0 Å². The molecular weight excluding hydrogens is 263 g/mol. The Morgan fingerprint density at radius 3 is 2.56 bits per heavy atom. The van der Waals surface area contributed by atoms with Gasteiger partial charge < -0.3 is 9.84 Å². The molecule has 1 amide bonds. The maximum absolute atomic E-state index is 12.8. The van der Waals surface area contributed by atoms with Crippen molar-refractivity contribution in [1.82, 2.24) is 10.5 Å². The van der Waals surface area contributed by atoms with Gasteiger partial charge in [0.1, 0.15) is 5.69 Å². The number of halogens is 5. The van der Waals surface area contributed by atoms with Crippen molar-refractivity contribution in [3.05, 3.63) is 30.2 Å². The first kappa shape index (κ1) is 14.1. The molecule has 0 aliphatic carbocycles. The Balaban J connectivity index is 2.80. The van der Waals surface area contributed by atoms with Crippen molar-refractivity contribution in [1.29, 1.82) is 0 Å². The van der Waals surface area contributed by atoms with Gasteiger partial charge in [-0.15, -0.1) is 0 Å². The van der Waals surface area contributed by atoms with E-state index in [1.165, 1.54) is 0 Å². The van der Waals surface area contributed by atoms with Gasteiger partial charge in [-0.25, -0.2) is 0 Å². The average Bonchev–Trinajstić information content (AvgIpc) is 2.73. The second-order valence-corrected chi connectivity index (χ2v) is 3.18. The van der Waals surface area contributed by atoms with Crippen LogP contribution in [-0.2, 0) is 17.3 Å². The fraction of sp³-hybridized carbons (Fsp3) is 0.333. The smallest absolute Gasteiger partial charge is 0.354 e. The van der Waals surface area contributed by atoms with Crippen LogP contribution in [0.15, 0.2) is 23.2 Å². The Bertz CT molecular complexity index is 452. The Kier molecular flexibility index (Phi) is 3.73. The van der Waals surface area contributed by atoms with Crippen LogP contribution in [0.1, 0.15) is 11.5 Å². The molecular formula is C9H7F5N2O2. The lowest BCUT2D eigenvalue weighted by Gasteiger charge is -2.15. The number of nitrogens with zero attached hydrogens (tertiary/aromatic N) is 1. The lowest BCUT2D eigenvalue weighted by atomic mass is 10.2. The molecule has 9 heteroatoms. The molecule has 0 radical (unpaired) electrons. The van der Waals surface area contributed by atoms with Gasteiger partial charge in [0.2, 0.25) is 11.7 Å². The lowest BCUT2D eigenvalue weighted by molar-refractivity contribution is -0.296. The van der Waals surface area contributed by atoms with Gasteiger partial charge in [0.25, 0.3) is 0 Å². The van der Waals surface area contributed by atoms with Crippen LogP contribution in [0.3, 0.4) is 0 Å². The maximum Gasteiger partial charge on any atom is 0.461 e. The minimum absolute atomic E-state index is 0.260. The van der Waals surface area contributed by atoms with Crippen molar-refractivity contribution in [2.45, 2.75) is 18.6 Å². The molecule has 0 atom stereocenters. The number of alkyl halides is 5. The second kappa shape index (κ2) is 4.75. The molecule has 1 N–H and O–H groups in total. The third kappa shape index (κ3) is 2.84. The molecule has 18 heavy (non-hydrogen) atoms. The standard InChI is InChI=1S/C9H7F5N2O2/c1-2-7(17)15-4-5-3-6(18-16-5)8(10,11)9(12,13)14/h2-3H,1,4H2,(H,15,17).